The number of benzene rings is 1. The first kappa shape index (κ1) is 35.4. The zero-order valence-electron chi connectivity index (χ0n) is 27.9. The molecule has 0 aliphatic heterocycles. The van der Waals surface area contributed by atoms with Crippen LogP contribution in [-0.2, 0) is 46.5 Å². The van der Waals surface area contributed by atoms with E-state index < -0.39 is 75.4 Å². The van der Waals surface area contributed by atoms with Crippen molar-refractivity contribution in [3.05, 3.63) is 69.3 Å². The van der Waals surface area contributed by atoms with E-state index in [9.17, 15) is 34.4 Å². The lowest BCUT2D eigenvalue weighted by atomic mass is 9.44. The summed E-state index contributed by atoms with van der Waals surface area (Å²) in [5.41, 5.74) is -4.91. The predicted octanol–water partition coefficient (Wildman–Crippen LogP) is 5.14. The Morgan fingerprint density at radius 1 is 1.12 bits per heavy atom. The van der Waals surface area contributed by atoms with Crippen LogP contribution >= 0.6 is 0 Å². The van der Waals surface area contributed by atoms with Gasteiger partial charge in [0.05, 0.1) is 12.5 Å². The molecule has 0 aromatic heterocycles. The van der Waals surface area contributed by atoms with Crippen molar-refractivity contribution < 1.29 is 48.1 Å². The van der Waals surface area contributed by atoms with E-state index in [0.717, 1.165) is 0 Å². The molecule has 1 aromatic rings. The van der Waals surface area contributed by atoms with Crippen LogP contribution in [0, 0.1) is 38.7 Å². The van der Waals surface area contributed by atoms with E-state index in [1.54, 1.807) is 51.1 Å². The number of allylic oxidation sites excluding steroid dienone is 4. The number of unbranched alkanes of at least 4 members (excludes halogenated alkanes) is 1. The molecular formula is C36H44FNO10. The Hall–Kier alpha value is -3.93. The zero-order chi connectivity index (χ0) is 35.1. The number of halogens is 1. The molecule has 3 fully saturated rings. The van der Waals surface area contributed by atoms with Crippen LogP contribution < -0.4 is 0 Å². The summed E-state index contributed by atoms with van der Waals surface area (Å²) < 4.78 is 29.4. The van der Waals surface area contributed by atoms with Crippen molar-refractivity contribution in [1.29, 1.82) is 0 Å². The van der Waals surface area contributed by atoms with Crippen molar-refractivity contribution in [2.45, 2.75) is 103 Å². The number of carbonyl (C=O) groups excluding carboxylic acids is 4. The molecule has 0 amide bonds. The van der Waals surface area contributed by atoms with Gasteiger partial charge in [0.1, 0.15) is 6.61 Å². The smallest absolute Gasteiger partial charge is 0.310 e. The second kappa shape index (κ2) is 13.2. The molecule has 12 heteroatoms. The third-order valence-electron chi connectivity index (χ3n) is 11.7. The Morgan fingerprint density at radius 2 is 1.83 bits per heavy atom. The predicted molar refractivity (Wildman–Crippen MR) is 169 cm³/mol. The van der Waals surface area contributed by atoms with Crippen molar-refractivity contribution in [3.8, 4) is 0 Å². The Morgan fingerprint density at radius 3 is 2.52 bits per heavy atom. The van der Waals surface area contributed by atoms with Gasteiger partial charge >= 0.3 is 11.9 Å². The number of Topliss-reactive ketones (excluding diaryl/α,β-unsaturated/α-hetero) is 1. The maximum absolute atomic E-state index is 17.7. The highest BCUT2D eigenvalue weighted by Crippen LogP contribution is 2.71. The molecule has 4 aliphatic rings. The third-order valence-corrected chi connectivity index (χ3v) is 11.7. The highest BCUT2D eigenvalue weighted by atomic mass is 19.1. The third kappa shape index (κ3) is 5.65. The molecule has 0 bridgehead atoms. The van der Waals surface area contributed by atoms with Crippen LogP contribution in [0.2, 0.25) is 0 Å². The first-order valence-corrected chi connectivity index (χ1v) is 16.7. The number of alkyl halides is 1. The molecule has 0 saturated heterocycles. The van der Waals surface area contributed by atoms with Crippen molar-refractivity contribution in [3.63, 3.8) is 0 Å². The van der Waals surface area contributed by atoms with Crippen molar-refractivity contribution in [2.75, 3.05) is 6.61 Å². The van der Waals surface area contributed by atoms with E-state index in [-0.39, 0.29) is 31.7 Å². The van der Waals surface area contributed by atoms with Gasteiger partial charge in [-0.15, -0.1) is 10.1 Å². The monoisotopic (exact) mass is 669 g/mol. The van der Waals surface area contributed by atoms with Crippen LogP contribution in [-0.4, -0.2) is 57.7 Å². The van der Waals surface area contributed by atoms with Gasteiger partial charge in [0.2, 0.25) is 5.78 Å². The summed E-state index contributed by atoms with van der Waals surface area (Å²) in [6.07, 6.45) is 4.75. The van der Waals surface area contributed by atoms with Gasteiger partial charge in [-0.05, 0) is 68.2 Å². The number of esters is 2. The minimum Gasteiger partial charge on any atom is -0.457 e. The first-order valence-electron chi connectivity index (χ1n) is 16.7. The summed E-state index contributed by atoms with van der Waals surface area (Å²) in [7, 11) is 0. The quantitative estimate of drug-likeness (QED) is 0.179. The van der Waals surface area contributed by atoms with Gasteiger partial charge in [0, 0.05) is 29.1 Å². The number of aliphatic hydroxyl groups is 1. The Bertz CT molecular complexity index is 1560. The summed E-state index contributed by atoms with van der Waals surface area (Å²) in [6, 6.07) is 6.47. The number of rotatable bonds is 12. The van der Waals surface area contributed by atoms with Gasteiger partial charge in [-0.1, -0.05) is 63.1 Å². The molecule has 3 saturated carbocycles. The van der Waals surface area contributed by atoms with Crippen molar-refractivity contribution >= 4 is 23.5 Å². The molecule has 0 radical (unpaired) electrons. The number of aliphatic hydroxyl groups excluding tert-OH is 1. The lowest BCUT2D eigenvalue weighted by Gasteiger charge is -2.62. The molecule has 5 rings (SSSR count). The van der Waals surface area contributed by atoms with E-state index in [1.165, 1.54) is 12.2 Å². The largest absolute Gasteiger partial charge is 0.457 e. The lowest BCUT2D eigenvalue weighted by Crippen LogP contribution is -2.70. The van der Waals surface area contributed by atoms with Crippen LogP contribution in [0.25, 0.3) is 0 Å². The van der Waals surface area contributed by atoms with E-state index in [4.69, 9.17) is 9.47 Å². The SMILES string of the molecule is CCCCC(=O)O[C@]1(C(=O)COC(=O)Cc2ccccc2CO[N+](=O)[O-])[C@@H](C)CC2C3CCC4=CC(=O)C=C[C@]4(C)[C@@]3(F)[C@@H](O)C[C@@]21C. The van der Waals surface area contributed by atoms with Gasteiger partial charge in [-0.3, -0.25) is 19.2 Å². The summed E-state index contributed by atoms with van der Waals surface area (Å²) in [5.74, 6) is -4.01. The fourth-order valence-corrected chi connectivity index (χ4v) is 9.40. The summed E-state index contributed by atoms with van der Waals surface area (Å²) in [6.45, 7) is 6.09. The summed E-state index contributed by atoms with van der Waals surface area (Å²) in [4.78, 5) is 68.2. The van der Waals surface area contributed by atoms with E-state index >= 15 is 4.39 Å². The molecule has 48 heavy (non-hydrogen) atoms. The maximum atomic E-state index is 17.7. The molecule has 8 atom stereocenters. The summed E-state index contributed by atoms with van der Waals surface area (Å²) >= 11 is 0. The molecule has 11 nitrogen and oxygen atoms in total. The van der Waals surface area contributed by atoms with Crippen molar-refractivity contribution in [1.82, 2.24) is 0 Å². The fraction of sp³-hybridized carbons (Fsp3) is 0.611. The average molecular weight is 670 g/mol. The number of ether oxygens (including phenoxy) is 2. The van der Waals surface area contributed by atoms with Crippen LogP contribution in [0.15, 0.2) is 48.1 Å². The van der Waals surface area contributed by atoms with E-state index in [2.05, 4.69) is 4.84 Å². The Balaban J connectivity index is 1.44. The average Bonchev–Trinajstić information content (AvgIpc) is 3.25. The minimum absolute atomic E-state index is 0.0614. The number of carbonyl (C=O) groups is 4. The molecule has 2 unspecified atom stereocenters. The van der Waals surface area contributed by atoms with Gasteiger partial charge in [-0.25, -0.2) is 4.39 Å². The number of nitrogens with zero attached hydrogens (tertiary/aromatic N) is 1. The van der Waals surface area contributed by atoms with Crippen LogP contribution in [0.1, 0.15) is 83.8 Å². The lowest BCUT2D eigenvalue weighted by molar-refractivity contribution is -0.763. The molecule has 0 spiro atoms. The maximum Gasteiger partial charge on any atom is 0.310 e. The zero-order valence-corrected chi connectivity index (χ0v) is 27.9. The highest BCUT2D eigenvalue weighted by Gasteiger charge is 2.77. The highest BCUT2D eigenvalue weighted by molar-refractivity contribution is 6.01. The molecule has 1 N–H and O–H groups in total. The molecule has 260 valence electrons. The minimum atomic E-state index is -2.14. The molecule has 1 aromatic carbocycles. The van der Waals surface area contributed by atoms with Gasteiger partial charge in [0.15, 0.2) is 23.7 Å². The molecular weight excluding hydrogens is 625 g/mol. The van der Waals surface area contributed by atoms with Gasteiger partial charge in [0.25, 0.3) is 5.09 Å². The van der Waals surface area contributed by atoms with E-state index in [1.807, 2.05) is 6.92 Å². The first-order chi connectivity index (χ1) is 22.6. The van der Waals surface area contributed by atoms with Crippen LogP contribution in [0.5, 0.6) is 0 Å². The number of ketones is 2. The Kier molecular flexibility index (Phi) is 9.71. The normalized spacial score (nSPS) is 35.0. The van der Waals surface area contributed by atoms with Gasteiger partial charge in [-0.2, -0.15) is 0 Å². The fourth-order valence-electron chi connectivity index (χ4n) is 9.40. The van der Waals surface area contributed by atoms with Crippen molar-refractivity contribution in [2.24, 2.45) is 28.6 Å². The molecule has 0 heterocycles. The second-order valence-corrected chi connectivity index (χ2v) is 14.2. The number of hydrogen-bond donors (Lipinski definition) is 1. The van der Waals surface area contributed by atoms with Gasteiger partial charge < -0.3 is 19.4 Å². The van der Waals surface area contributed by atoms with Crippen LogP contribution in [0.3, 0.4) is 0 Å². The Labute approximate surface area is 279 Å². The molecule has 4 aliphatic carbocycles. The second-order valence-electron chi connectivity index (χ2n) is 14.2. The number of fused-ring (bicyclic) bond motifs is 5. The van der Waals surface area contributed by atoms with Crippen LogP contribution in [0.4, 0.5) is 4.39 Å². The summed E-state index contributed by atoms with van der Waals surface area (Å²) in [5, 5.41) is 21.6. The topological polar surface area (TPSA) is 159 Å². The standard InChI is InChI=1S/C36H44FNO10/c1-5-6-11-31(42)48-36(30(41)21-46-32(43)17-23-9-7-8-10-24(23)20-47-38(44)45)22(2)16-28-27-13-12-25-18-26(39)14-15-33(25,3)35(27,37)29(40)19-34(28,36)4/h7-10,14-15,18,22,27-29,40H,5-6,11-13,16-17,19-21H2,1-4H3/t22-,27?,28?,29-,33-,34-,35-,36-/m0/s1. The van der Waals surface area contributed by atoms with E-state index in [0.29, 0.717) is 48.8 Å². The number of hydrogen-bond acceptors (Lipinski definition) is 10.